The lowest BCUT2D eigenvalue weighted by Gasteiger charge is -2.37. The van der Waals surface area contributed by atoms with Crippen molar-refractivity contribution in [3.05, 3.63) is 40.9 Å². The summed E-state index contributed by atoms with van der Waals surface area (Å²) in [7, 11) is -3.36. The number of oxime groups is 1. The number of hydrogen-bond donors (Lipinski definition) is 2. The van der Waals surface area contributed by atoms with E-state index in [-0.39, 0.29) is 28.0 Å². The van der Waals surface area contributed by atoms with E-state index in [0.29, 0.717) is 55.9 Å². The zero-order valence-electron chi connectivity index (χ0n) is 21.7. The summed E-state index contributed by atoms with van der Waals surface area (Å²) in [6, 6.07) is 6.26. The first kappa shape index (κ1) is 27.7. The first-order valence-electron chi connectivity index (χ1n) is 13.2. The molecule has 39 heavy (non-hydrogen) atoms. The third-order valence-corrected chi connectivity index (χ3v) is 10.5. The molecule has 2 saturated carbocycles. The van der Waals surface area contributed by atoms with Gasteiger partial charge in [0.05, 0.1) is 16.2 Å². The van der Waals surface area contributed by atoms with E-state index in [1.807, 2.05) is 6.92 Å². The number of aliphatic hydroxyl groups excluding tert-OH is 1. The van der Waals surface area contributed by atoms with Crippen LogP contribution in [-0.2, 0) is 30.8 Å². The van der Waals surface area contributed by atoms with E-state index in [4.69, 9.17) is 4.84 Å². The van der Waals surface area contributed by atoms with Crippen LogP contribution in [0.4, 0.5) is 5.13 Å². The van der Waals surface area contributed by atoms with E-state index < -0.39 is 21.8 Å². The Balaban J connectivity index is 1.28. The molecule has 3 aliphatic rings. The van der Waals surface area contributed by atoms with E-state index in [1.54, 1.807) is 23.2 Å². The molecule has 2 aromatic rings. The van der Waals surface area contributed by atoms with Crippen molar-refractivity contribution in [2.45, 2.75) is 74.0 Å². The van der Waals surface area contributed by atoms with Crippen LogP contribution in [0.25, 0.3) is 0 Å². The smallest absolute Gasteiger partial charge is 0.280 e. The Kier molecular flexibility index (Phi) is 8.31. The molecule has 2 aliphatic carbocycles. The summed E-state index contributed by atoms with van der Waals surface area (Å²) in [5, 5.41) is 16.8. The van der Waals surface area contributed by atoms with Crippen molar-refractivity contribution in [3.8, 4) is 0 Å². The Morgan fingerprint density at radius 2 is 2.00 bits per heavy atom. The summed E-state index contributed by atoms with van der Waals surface area (Å²) in [4.78, 5) is 39.7. The molecule has 3 fully saturated rings. The summed E-state index contributed by atoms with van der Waals surface area (Å²) < 4.78 is 25.2. The molecule has 2 heterocycles. The minimum absolute atomic E-state index is 0.00215. The van der Waals surface area contributed by atoms with Crippen LogP contribution in [0.5, 0.6) is 0 Å². The highest BCUT2D eigenvalue weighted by Gasteiger charge is 2.37. The number of aromatic nitrogens is 1. The highest BCUT2D eigenvalue weighted by molar-refractivity contribution is 7.92. The molecule has 210 valence electrons. The number of hydrogen-bond acceptors (Lipinski definition) is 10. The molecule has 3 atom stereocenters. The lowest BCUT2D eigenvalue weighted by molar-refractivity contribution is -0.122. The lowest BCUT2D eigenvalue weighted by Crippen LogP contribution is -2.50. The number of thiazole rings is 1. The normalized spacial score (nSPS) is 24.5. The van der Waals surface area contributed by atoms with E-state index in [2.05, 4.69) is 20.4 Å². The average molecular weight is 576 g/mol. The number of anilines is 1. The maximum atomic E-state index is 13.3. The number of benzene rings is 1. The zero-order chi connectivity index (χ0) is 27.6. The molecule has 5 rings (SSSR count). The zero-order valence-corrected chi connectivity index (χ0v) is 23.4. The van der Waals surface area contributed by atoms with Gasteiger partial charge in [-0.15, -0.1) is 11.3 Å². The Bertz CT molecular complexity index is 1320. The first-order valence-corrected chi connectivity index (χ1v) is 15.5. The quantitative estimate of drug-likeness (QED) is 0.249. The molecule has 1 aliphatic heterocycles. The van der Waals surface area contributed by atoms with Gasteiger partial charge in [0, 0.05) is 55.3 Å². The molecule has 2 amide bonds. The molecule has 1 aromatic heterocycles. The fraction of sp³-hybridized carbons (Fsp3) is 0.538. The van der Waals surface area contributed by atoms with Crippen LogP contribution in [0.2, 0.25) is 0 Å². The highest BCUT2D eigenvalue weighted by atomic mass is 32.2. The summed E-state index contributed by atoms with van der Waals surface area (Å²) in [5.41, 5.74) is 0.418. The summed E-state index contributed by atoms with van der Waals surface area (Å²) in [6.07, 6.45) is 4.88. The van der Waals surface area contributed by atoms with Gasteiger partial charge in [0.1, 0.15) is 6.10 Å². The van der Waals surface area contributed by atoms with Gasteiger partial charge in [-0.25, -0.2) is 13.4 Å². The van der Waals surface area contributed by atoms with Gasteiger partial charge in [-0.1, -0.05) is 17.3 Å². The summed E-state index contributed by atoms with van der Waals surface area (Å²) >= 11 is 1.36. The maximum Gasteiger partial charge on any atom is 0.280 e. The van der Waals surface area contributed by atoms with E-state index in [0.717, 1.165) is 24.4 Å². The minimum atomic E-state index is -3.36. The first-order chi connectivity index (χ1) is 18.7. The third-order valence-electron chi connectivity index (χ3n) is 7.34. The van der Waals surface area contributed by atoms with E-state index >= 15 is 0 Å². The second-order valence-corrected chi connectivity index (χ2v) is 13.8. The van der Waals surface area contributed by atoms with Crippen LogP contribution in [0.15, 0.2) is 40.5 Å². The molecule has 2 N–H and O–H groups in total. The lowest BCUT2D eigenvalue weighted by atomic mass is 10.1. The monoisotopic (exact) mass is 575 g/mol. The molecular weight excluding hydrogens is 542 g/mol. The van der Waals surface area contributed by atoms with Gasteiger partial charge in [-0.3, -0.25) is 19.8 Å². The van der Waals surface area contributed by atoms with Crippen LogP contribution in [0.1, 0.15) is 49.5 Å². The van der Waals surface area contributed by atoms with Gasteiger partial charge in [0.25, 0.3) is 5.91 Å². The Hall–Kier alpha value is -2.87. The van der Waals surface area contributed by atoms with Crippen molar-refractivity contribution in [2.24, 2.45) is 5.16 Å². The molecule has 1 saturated heterocycles. The number of aliphatic hydroxyl groups is 1. The predicted octanol–water partition coefficient (Wildman–Crippen LogP) is 2.01. The van der Waals surface area contributed by atoms with Crippen molar-refractivity contribution in [2.75, 3.05) is 25.0 Å². The predicted molar refractivity (Wildman–Crippen MR) is 146 cm³/mol. The molecule has 0 bridgehead atoms. The van der Waals surface area contributed by atoms with E-state index in [1.165, 1.54) is 23.5 Å². The fourth-order valence-electron chi connectivity index (χ4n) is 4.90. The van der Waals surface area contributed by atoms with Crippen molar-refractivity contribution >= 4 is 44.3 Å². The maximum absolute atomic E-state index is 13.3. The van der Waals surface area contributed by atoms with Crippen LogP contribution in [-0.4, -0.2) is 89.5 Å². The molecule has 11 nitrogen and oxygen atoms in total. The average Bonchev–Trinajstić information content (AvgIpc) is 3.58. The largest absolute Gasteiger partial charge is 0.393 e. The van der Waals surface area contributed by atoms with Gasteiger partial charge in [-0.2, -0.15) is 0 Å². The second-order valence-electron chi connectivity index (χ2n) is 10.4. The van der Waals surface area contributed by atoms with Gasteiger partial charge < -0.3 is 14.8 Å². The number of carbonyl (C=O) groups excluding carboxylic acids is 2. The van der Waals surface area contributed by atoms with Crippen molar-refractivity contribution in [1.29, 1.82) is 0 Å². The number of nitrogens with one attached hydrogen (secondary N) is 1. The molecule has 1 unspecified atom stereocenters. The molecule has 0 radical (unpaired) electrons. The molecule has 0 spiro atoms. The number of nitrogens with zero attached hydrogens (tertiary/aromatic N) is 4. The molecule has 1 aromatic carbocycles. The van der Waals surface area contributed by atoms with Crippen molar-refractivity contribution in [3.63, 3.8) is 0 Å². The minimum Gasteiger partial charge on any atom is -0.393 e. The second kappa shape index (κ2) is 11.7. The van der Waals surface area contributed by atoms with Gasteiger partial charge in [0.15, 0.2) is 20.7 Å². The third kappa shape index (κ3) is 6.65. The molecular formula is C26H33N5O6S2. The number of amides is 2. The Morgan fingerprint density at radius 1 is 1.23 bits per heavy atom. The van der Waals surface area contributed by atoms with Gasteiger partial charge in [0.2, 0.25) is 6.41 Å². The SMILES string of the molecule is C[C@H]1CN(Cc2cnc(NC(=O)/C(=N/OC3CC[C@@H](O)C3)c3ccc(S(=O)(=O)C4CC4)cc3)s2)CCN1C=O. The number of sulfone groups is 1. The van der Waals surface area contributed by atoms with Crippen molar-refractivity contribution in [1.82, 2.24) is 14.8 Å². The number of carbonyl (C=O) groups is 2. The summed E-state index contributed by atoms with van der Waals surface area (Å²) in [6.45, 7) is 4.87. The Morgan fingerprint density at radius 3 is 2.64 bits per heavy atom. The summed E-state index contributed by atoms with van der Waals surface area (Å²) in [5.74, 6) is -0.527. The fourth-order valence-corrected chi connectivity index (χ4v) is 7.41. The van der Waals surface area contributed by atoms with Crippen LogP contribution < -0.4 is 5.32 Å². The number of rotatable bonds is 10. The van der Waals surface area contributed by atoms with Gasteiger partial charge in [-0.05, 0) is 44.7 Å². The molecule has 13 heteroatoms. The highest BCUT2D eigenvalue weighted by Crippen LogP contribution is 2.33. The number of piperazine rings is 1. The van der Waals surface area contributed by atoms with Gasteiger partial charge >= 0.3 is 0 Å². The van der Waals surface area contributed by atoms with Crippen LogP contribution in [0, 0.1) is 0 Å². The topological polar surface area (TPSA) is 142 Å². The van der Waals surface area contributed by atoms with E-state index in [9.17, 15) is 23.1 Å². The van der Waals surface area contributed by atoms with Crippen LogP contribution in [0.3, 0.4) is 0 Å². The Labute approximate surface area is 231 Å². The van der Waals surface area contributed by atoms with Crippen LogP contribution >= 0.6 is 11.3 Å². The standard InChI is InChI=1S/C26H33N5O6S2/c1-17-14-30(10-11-31(17)16-32)15-21-13-27-26(38-21)28-25(34)24(29-37-20-5-4-19(33)12-20)18-2-6-22(7-3-18)39(35,36)23-8-9-23/h2-3,6-7,13,16-17,19-20,23,33H,4-5,8-12,14-15H2,1H3,(H,27,28,34)/b29-24+/t17-,19+,20?/m0/s1. The van der Waals surface area contributed by atoms with Crippen molar-refractivity contribution < 1.29 is 28.0 Å².